The summed E-state index contributed by atoms with van der Waals surface area (Å²) in [5.41, 5.74) is 4.05. The average molecular weight is 505 g/mol. The number of H-pyrrole nitrogens is 1. The van der Waals surface area contributed by atoms with E-state index in [0.29, 0.717) is 21.8 Å². The van der Waals surface area contributed by atoms with E-state index in [1.807, 2.05) is 13.8 Å². The second-order valence-corrected chi connectivity index (χ2v) is 8.86. The normalized spacial score (nSPS) is 10.9. The number of nitriles is 1. The molecule has 1 aromatic carbocycles. The number of aryl methyl sites for hydroxylation is 4. The topological polar surface area (TPSA) is 87.4 Å². The van der Waals surface area contributed by atoms with Gasteiger partial charge in [0.05, 0.1) is 22.6 Å². The summed E-state index contributed by atoms with van der Waals surface area (Å²) in [6.07, 6.45) is 0.194. The second kappa shape index (κ2) is 8.49. The van der Waals surface area contributed by atoms with Crippen molar-refractivity contribution in [1.82, 2.24) is 19.7 Å². The molecule has 144 valence electrons. The molecule has 0 aliphatic rings. The third-order valence-corrected chi connectivity index (χ3v) is 6.76. The smallest absolute Gasteiger partial charge is 0.262 e. The number of halogens is 1. The SMILES string of the molecule is Cc1cc(C)cc(Sc2c(Cn3nc(C)nc3CC#N)c(C)[nH]c(=O)c2I)c1. The molecule has 0 bridgehead atoms. The van der Waals surface area contributed by atoms with Crippen LogP contribution in [0.2, 0.25) is 0 Å². The van der Waals surface area contributed by atoms with E-state index in [2.05, 4.69) is 75.8 Å². The molecule has 3 rings (SSSR count). The Labute approximate surface area is 181 Å². The van der Waals surface area contributed by atoms with Crippen molar-refractivity contribution in [2.24, 2.45) is 0 Å². The van der Waals surface area contributed by atoms with Crippen LogP contribution in [0.1, 0.15) is 34.0 Å². The van der Waals surface area contributed by atoms with Crippen LogP contribution in [0, 0.1) is 42.6 Å². The molecule has 2 aromatic heterocycles. The van der Waals surface area contributed by atoms with Crippen LogP contribution in [-0.2, 0) is 13.0 Å². The molecular weight excluding hydrogens is 485 g/mol. The lowest BCUT2D eigenvalue weighted by atomic mass is 10.2. The van der Waals surface area contributed by atoms with E-state index in [0.717, 1.165) is 21.0 Å². The molecule has 0 amide bonds. The predicted molar refractivity (Wildman–Crippen MR) is 118 cm³/mol. The molecular formula is C20H20IN5OS. The third-order valence-electron chi connectivity index (χ3n) is 4.24. The number of benzene rings is 1. The highest BCUT2D eigenvalue weighted by atomic mass is 127. The molecule has 0 aliphatic carbocycles. The Morgan fingerprint density at radius 3 is 2.54 bits per heavy atom. The first kappa shape index (κ1) is 20.6. The standard InChI is InChI=1S/C20H20IN5OS/c1-11-7-12(2)9-15(8-11)28-19-16(13(3)23-20(27)18(19)21)10-26-17(5-6-22)24-14(4)25-26/h7-9H,5,10H2,1-4H3,(H,23,27). The van der Waals surface area contributed by atoms with Crippen LogP contribution in [-0.4, -0.2) is 19.7 Å². The number of hydrogen-bond donors (Lipinski definition) is 1. The number of hydrogen-bond acceptors (Lipinski definition) is 5. The van der Waals surface area contributed by atoms with Gasteiger partial charge in [-0.2, -0.15) is 10.4 Å². The quantitative estimate of drug-likeness (QED) is 0.529. The summed E-state index contributed by atoms with van der Waals surface area (Å²) >= 11 is 3.69. The van der Waals surface area contributed by atoms with Crippen molar-refractivity contribution in [3.63, 3.8) is 0 Å². The van der Waals surface area contributed by atoms with E-state index in [9.17, 15) is 4.79 Å². The summed E-state index contributed by atoms with van der Waals surface area (Å²) in [6.45, 7) is 8.29. The van der Waals surface area contributed by atoms with Crippen molar-refractivity contribution in [2.75, 3.05) is 0 Å². The first-order valence-electron chi connectivity index (χ1n) is 8.73. The maximum atomic E-state index is 12.4. The van der Waals surface area contributed by atoms with E-state index in [1.54, 1.807) is 16.4 Å². The van der Waals surface area contributed by atoms with E-state index in [-0.39, 0.29) is 12.0 Å². The van der Waals surface area contributed by atoms with Crippen LogP contribution in [0.4, 0.5) is 0 Å². The van der Waals surface area contributed by atoms with Gasteiger partial charge in [0.2, 0.25) is 0 Å². The Morgan fingerprint density at radius 1 is 1.21 bits per heavy atom. The molecule has 0 fully saturated rings. The lowest BCUT2D eigenvalue weighted by Crippen LogP contribution is -2.18. The van der Waals surface area contributed by atoms with Gasteiger partial charge in [-0.25, -0.2) is 9.67 Å². The van der Waals surface area contributed by atoms with E-state index >= 15 is 0 Å². The molecule has 3 aromatic rings. The van der Waals surface area contributed by atoms with Gasteiger partial charge in [0, 0.05) is 21.0 Å². The van der Waals surface area contributed by atoms with Crippen molar-refractivity contribution in [2.45, 2.75) is 50.5 Å². The molecule has 0 aliphatic heterocycles. The van der Waals surface area contributed by atoms with Crippen molar-refractivity contribution in [3.8, 4) is 6.07 Å². The lowest BCUT2D eigenvalue weighted by Gasteiger charge is -2.15. The minimum absolute atomic E-state index is 0.0965. The maximum Gasteiger partial charge on any atom is 0.262 e. The second-order valence-electron chi connectivity index (χ2n) is 6.69. The van der Waals surface area contributed by atoms with Crippen molar-refractivity contribution in [3.05, 3.63) is 66.2 Å². The molecule has 6 nitrogen and oxygen atoms in total. The Kier molecular flexibility index (Phi) is 6.25. The maximum absolute atomic E-state index is 12.4. The highest BCUT2D eigenvalue weighted by Gasteiger charge is 2.18. The van der Waals surface area contributed by atoms with Crippen LogP contribution >= 0.6 is 34.4 Å². The van der Waals surface area contributed by atoms with Crippen molar-refractivity contribution < 1.29 is 0 Å². The van der Waals surface area contributed by atoms with Gasteiger partial charge < -0.3 is 4.98 Å². The van der Waals surface area contributed by atoms with Crippen LogP contribution < -0.4 is 5.56 Å². The van der Waals surface area contributed by atoms with E-state index in [4.69, 9.17) is 5.26 Å². The van der Waals surface area contributed by atoms with Gasteiger partial charge in [-0.15, -0.1) is 0 Å². The van der Waals surface area contributed by atoms with Crippen LogP contribution in [0.25, 0.3) is 0 Å². The fourth-order valence-electron chi connectivity index (χ4n) is 3.09. The first-order chi connectivity index (χ1) is 13.3. The highest BCUT2D eigenvalue weighted by Crippen LogP contribution is 2.35. The molecule has 0 radical (unpaired) electrons. The molecule has 0 atom stereocenters. The van der Waals surface area contributed by atoms with Gasteiger partial charge >= 0.3 is 0 Å². The minimum Gasteiger partial charge on any atom is -0.325 e. The van der Waals surface area contributed by atoms with Gasteiger partial charge in [-0.05, 0) is 73.5 Å². The monoisotopic (exact) mass is 505 g/mol. The van der Waals surface area contributed by atoms with Gasteiger partial charge in [0.25, 0.3) is 5.56 Å². The van der Waals surface area contributed by atoms with Crippen LogP contribution in [0.3, 0.4) is 0 Å². The van der Waals surface area contributed by atoms with E-state index in [1.165, 1.54) is 11.1 Å². The molecule has 0 unspecified atom stereocenters. The van der Waals surface area contributed by atoms with E-state index < -0.39 is 0 Å². The largest absolute Gasteiger partial charge is 0.325 e. The van der Waals surface area contributed by atoms with Gasteiger partial charge in [-0.1, -0.05) is 17.8 Å². The summed E-state index contributed by atoms with van der Waals surface area (Å²) < 4.78 is 2.40. The summed E-state index contributed by atoms with van der Waals surface area (Å²) in [7, 11) is 0. The number of aromatic nitrogens is 4. The fourth-order valence-corrected chi connectivity index (χ4v) is 5.13. The minimum atomic E-state index is -0.0965. The molecule has 0 spiro atoms. The zero-order valence-electron chi connectivity index (χ0n) is 16.1. The fraction of sp³-hybridized carbons (Fsp3) is 0.300. The van der Waals surface area contributed by atoms with Gasteiger partial charge in [-0.3, -0.25) is 4.79 Å². The number of pyridine rings is 1. The zero-order valence-corrected chi connectivity index (χ0v) is 19.1. The average Bonchev–Trinajstić information content (AvgIpc) is 2.94. The van der Waals surface area contributed by atoms with Gasteiger partial charge in [0.15, 0.2) is 0 Å². The zero-order chi connectivity index (χ0) is 20.4. The molecule has 2 heterocycles. The van der Waals surface area contributed by atoms with Crippen LogP contribution in [0.5, 0.6) is 0 Å². The number of rotatable bonds is 5. The Hall–Kier alpha value is -2.12. The lowest BCUT2D eigenvalue weighted by molar-refractivity contribution is 0.634. The summed E-state index contributed by atoms with van der Waals surface area (Å²) in [6, 6.07) is 8.51. The van der Waals surface area contributed by atoms with Crippen molar-refractivity contribution in [1.29, 1.82) is 5.26 Å². The Bertz CT molecular complexity index is 1120. The molecule has 0 saturated carbocycles. The number of nitrogens with one attached hydrogen (secondary N) is 1. The molecule has 0 saturated heterocycles. The van der Waals surface area contributed by atoms with Crippen molar-refractivity contribution >= 4 is 34.4 Å². The number of nitrogens with zero attached hydrogens (tertiary/aromatic N) is 4. The Balaban J connectivity index is 2.10. The first-order valence-corrected chi connectivity index (χ1v) is 10.6. The molecule has 8 heteroatoms. The summed E-state index contributed by atoms with van der Waals surface area (Å²) in [5, 5.41) is 13.5. The summed E-state index contributed by atoms with van der Waals surface area (Å²) in [4.78, 5) is 21.7. The Morgan fingerprint density at radius 2 is 1.89 bits per heavy atom. The molecule has 28 heavy (non-hydrogen) atoms. The highest BCUT2D eigenvalue weighted by molar-refractivity contribution is 14.1. The van der Waals surface area contributed by atoms with Crippen LogP contribution in [0.15, 0.2) is 32.8 Å². The van der Waals surface area contributed by atoms with Gasteiger partial charge in [0.1, 0.15) is 11.6 Å². The number of aromatic amines is 1. The molecule has 1 N–H and O–H groups in total. The third kappa shape index (κ3) is 4.47. The summed E-state index contributed by atoms with van der Waals surface area (Å²) in [5.74, 6) is 1.26. The predicted octanol–water partition coefficient (Wildman–Crippen LogP) is 4.07.